The Kier molecular flexibility index (Phi) is 5.34. The van der Waals surface area contributed by atoms with Crippen molar-refractivity contribution in [3.8, 4) is 5.75 Å². The van der Waals surface area contributed by atoms with Crippen molar-refractivity contribution < 1.29 is 18.7 Å². The van der Waals surface area contributed by atoms with Gasteiger partial charge in [-0.3, -0.25) is 0 Å². The number of hydrogen-bond donors (Lipinski definition) is 1. The maximum absolute atomic E-state index is 13.7. The molecule has 0 bridgehead atoms. The zero-order valence-electron chi connectivity index (χ0n) is 14.0. The number of rotatable bonds is 3. The highest BCUT2D eigenvalue weighted by Gasteiger charge is 2.27. The Morgan fingerprint density at radius 1 is 1.35 bits per heavy atom. The Balaban J connectivity index is 1.77. The molecule has 2 rings (SSSR count). The highest BCUT2D eigenvalue weighted by molar-refractivity contribution is 5.68. The van der Waals surface area contributed by atoms with Crippen molar-refractivity contribution in [2.75, 3.05) is 25.4 Å². The summed E-state index contributed by atoms with van der Waals surface area (Å²) in [6, 6.07) is 4.41. The van der Waals surface area contributed by atoms with Crippen molar-refractivity contribution in [3.63, 3.8) is 0 Å². The van der Waals surface area contributed by atoms with E-state index in [9.17, 15) is 9.18 Å². The van der Waals surface area contributed by atoms with E-state index in [0.717, 1.165) is 12.8 Å². The standard InChI is InChI=1S/C17H25FN2O3/c1-17(2,3)23-16(21)20-8-6-12(7-9-20)11-22-15-5-4-13(19)10-14(15)18/h4-5,10,12H,6-9,11,19H2,1-3H3. The van der Waals surface area contributed by atoms with Gasteiger partial charge in [0.25, 0.3) is 0 Å². The number of nitrogens with zero attached hydrogens (tertiary/aromatic N) is 1. The maximum atomic E-state index is 13.7. The van der Waals surface area contributed by atoms with Gasteiger partial charge < -0.3 is 20.1 Å². The van der Waals surface area contributed by atoms with Crippen LogP contribution in [-0.4, -0.2) is 36.3 Å². The molecule has 1 aliphatic rings. The lowest BCUT2D eigenvalue weighted by Gasteiger charge is -2.33. The number of benzene rings is 1. The average Bonchev–Trinajstić information content (AvgIpc) is 2.45. The number of anilines is 1. The fourth-order valence-electron chi connectivity index (χ4n) is 2.45. The van der Waals surface area contributed by atoms with E-state index in [1.54, 1.807) is 17.0 Å². The van der Waals surface area contributed by atoms with Gasteiger partial charge in [0, 0.05) is 24.8 Å². The molecular formula is C17H25FN2O3. The van der Waals surface area contributed by atoms with Gasteiger partial charge in [-0.05, 0) is 51.7 Å². The minimum atomic E-state index is -0.482. The van der Waals surface area contributed by atoms with Crippen LogP contribution >= 0.6 is 0 Å². The number of ether oxygens (including phenoxy) is 2. The summed E-state index contributed by atoms with van der Waals surface area (Å²) < 4.78 is 24.6. The zero-order valence-corrected chi connectivity index (χ0v) is 14.0. The van der Waals surface area contributed by atoms with Gasteiger partial charge in [-0.15, -0.1) is 0 Å². The van der Waals surface area contributed by atoms with Crippen molar-refractivity contribution in [3.05, 3.63) is 24.0 Å². The number of nitrogen functional groups attached to an aromatic ring is 1. The lowest BCUT2D eigenvalue weighted by molar-refractivity contribution is 0.0164. The smallest absolute Gasteiger partial charge is 0.410 e. The molecule has 0 saturated carbocycles. The summed E-state index contributed by atoms with van der Waals surface area (Å²) in [5, 5.41) is 0. The number of likely N-dealkylation sites (tertiary alicyclic amines) is 1. The number of nitrogens with two attached hydrogens (primary N) is 1. The van der Waals surface area contributed by atoms with Gasteiger partial charge in [0.1, 0.15) is 5.60 Å². The van der Waals surface area contributed by atoms with Crippen LogP contribution in [-0.2, 0) is 4.74 Å². The topological polar surface area (TPSA) is 64.8 Å². The van der Waals surface area contributed by atoms with Crippen LogP contribution in [0.25, 0.3) is 0 Å². The predicted octanol–water partition coefficient (Wildman–Crippen LogP) is 3.43. The van der Waals surface area contributed by atoms with E-state index in [0.29, 0.717) is 31.3 Å². The summed E-state index contributed by atoms with van der Waals surface area (Å²) in [4.78, 5) is 13.7. The van der Waals surface area contributed by atoms with Crippen LogP contribution in [0.1, 0.15) is 33.6 Å². The Hall–Kier alpha value is -1.98. The molecule has 1 aromatic rings. The molecule has 128 valence electrons. The molecule has 5 nitrogen and oxygen atoms in total. The van der Waals surface area contributed by atoms with E-state index < -0.39 is 11.4 Å². The van der Waals surface area contributed by atoms with Crippen LogP contribution in [0, 0.1) is 11.7 Å². The van der Waals surface area contributed by atoms with Gasteiger partial charge in [0.15, 0.2) is 11.6 Å². The molecule has 1 fully saturated rings. The van der Waals surface area contributed by atoms with Gasteiger partial charge >= 0.3 is 6.09 Å². The number of carbonyl (C=O) groups excluding carboxylic acids is 1. The van der Waals surface area contributed by atoms with Crippen molar-refractivity contribution >= 4 is 11.8 Å². The van der Waals surface area contributed by atoms with Crippen LogP contribution in [0.2, 0.25) is 0 Å². The molecule has 2 N–H and O–H groups in total. The number of amides is 1. The predicted molar refractivity (Wildman–Crippen MR) is 86.8 cm³/mol. The van der Waals surface area contributed by atoms with Crippen LogP contribution in [0.4, 0.5) is 14.9 Å². The zero-order chi connectivity index (χ0) is 17.0. The van der Waals surface area contributed by atoms with E-state index in [4.69, 9.17) is 15.2 Å². The van der Waals surface area contributed by atoms with E-state index in [1.165, 1.54) is 6.07 Å². The highest BCUT2D eigenvalue weighted by Crippen LogP contribution is 2.23. The maximum Gasteiger partial charge on any atom is 0.410 e. The normalized spacial score (nSPS) is 16.3. The molecule has 0 aliphatic carbocycles. The van der Waals surface area contributed by atoms with Crippen LogP contribution in [0.5, 0.6) is 5.75 Å². The monoisotopic (exact) mass is 324 g/mol. The SMILES string of the molecule is CC(C)(C)OC(=O)N1CCC(COc2ccc(N)cc2F)CC1. The summed E-state index contributed by atoms with van der Waals surface area (Å²) in [5.41, 5.74) is 5.40. The Bertz CT molecular complexity index is 549. The molecule has 1 heterocycles. The molecule has 1 saturated heterocycles. The van der Waals surface area contributed by atoms with E-state index >= 15 is 0 Å². The first-order valence-corrected chi connectivity index (χ1v) is 7.90. The van der Waals surface area contributed by atoms with Gasteiger partial charge in [-0.25, -0.2) is 9.18 Å². The third kappa shape index (κ3) is 5.30. The van der Waals surface area contributed by atoms with E-state index in [-0.39, 0.29) is 11.8 Å². The van der Waals surface area contributed by atoms with Gasteiger partial charge in [-0.1, -0.05) is 0 Å². The molecule has 1 aliphatic heterocycles. The molecule has 0 spiro atoms. The molecule has 0 unspecified atom stereocenters. The summed E-state index contributed by atoms with van der Waals surface area (Å²) in [6.07, 6.45) is 1.35. The quantitative estimate of drug-likeness (QED) is 0.865. The van der Waals surface area contributed by atoms with E-state index in [1.807, 2.05) is 20.8 Å². The van der Waals surface area contributed by atoms with Gasteiger partial charge in [-0.2, -0.15) is 0 Å². The van der Waals surface area contributed by atoms with Crippen molar-refractivity contribution in [2.45, 2.75) is 39.2 Å². The minimum Gasteiger partial charge on any atom is -0.490 e. The van der Waals surface area contributed by atoms with Crippen molar-refractivity contribution in [1.82, 2.24) is 4.90 Å². The molecule has 0 radical (unpaired) electrons. The molecule has 1 amide bonds. The second-order valence-corrected chi connectivity index (χ2v) is 6.91. The van der Waals surface area contributed by atoms with Crippen LogP contribution in [0.15, 0.2) is 18.2 Å². The average molecular weight is 324 g/mol. The Labute approximate surface area is 136 Å². The van der Waals surface area contributed by atoms with Crippen LogP contribution < -0.4 is 10.5 Å². The number of piperidine rings is 1. The van der Waals surface area contributed by atoms with Gasteiger partial charge in [0.2, 0.25) is 0 Å². The lowest BCUT2D eigenvalue weighted by Crippen LogP contribution is -2.42. The molecular weight excluding hydrogens is 299 g/mol. The minimum absolute atomic E-state index is 0.216. The summed E-state index contributed by atoms with van der Waals surface area (Å²) in [7, 11) is 0. The third-order valence-corrected chi connectivity index (χ3v) is 3.70. The second kappa shape index (κ2) is 7.06. The second-order valence-electron chi connectivity index (χ2n) is 6.91. The third-order valence-electron chi connectivity index (χ3n) is 3.70. The summed E-state index contributed by atoms with van der Waals surface area (Å²) >= 11 is 0. The van der Waals surface area contributed by atoms with Crippen molar-refractivity contribution in [2.24, 2.45) is 5.92 Å². The number of halogens is 1. The van der Waals surface area contributed by atoms with Crippen molar-refractivity contribution in [1.29, 1.82) is 0 Å². The number of carbonyl (C=O) groups is 1. The molecule has 23 heavy (non-hydrogen) atoms. The first-order valence-electron chi connectivity index (χ1n) is 7.90. The first-order chi connectivity index (χ1) is 10.7. The molecule has 0 atom stereocenters. The summed E-state index contributed by atoms with van der Waals surface area (Å²) in [5.74, 6) is 0.0654. The highest BCUT2D eigenvalue weighted by atomic mass is 19.1. The first kappa shape index (κ1) is 17.4. The van der Waals surface area contributed by atoms with E-state index in [2.05, 4.69) is 0 Å². The Morgan fingerprint density at radius 2 is 2.00 bits per heavy atom. The fourth-order valence-corrected chi connectivity index (χ4v) is 2.45. The largest absolute Gasteiger partial charge is 0.490 e. The number of hydrogen-bond acceptors (Lipinski definition) is 4. The Morgan fingerprint density at radius 3 is 2.57 bits per heavy atom. The van der Waals surface area contributed by atoms with Gasteiger partial charge in [0.05, 0.1) is 6.61 Å². The summed E-state index contributed by atoms with van der Waals surface area (Å²) in [6.45, 7) is 7.26. The molecule has 6 heteroatoms. The lowest BCUT2D eigenvalue weighted by atomic mass is 9.98. The molecule has 0 aromatic heterocycles. The molecule has 1 aromatic carbocycles. The fraction of sp³-hybridized carbons (Fsp3) is 0.588. The van der Waals surface area contributed by atoms with Crippen LogP contribution in [0.3, 0.4) is 0 Å².